The Labute approximate surface area is 141 Å². The van der Waals surface area contributed by atoms with Crippen molar-refractivity contribution >= 4 is 17.6 Å². The largest absolute Gasteiger partial charge is 0.491 e. The van der Waals surface area contributed by atoms with Crippen molar-refractivity contribution in [2.24, 2.45) is 0 Å². The zero-order valence-electron chi connectivity index (χ0n) is 13.6. The molecule has 0 saturated carbocycles. The van der Waals surface area contributed by atoms with E-state index in [1.165, 1.54) is 12.1 Å². The summed E-state index contributed by atoms with van der Waals surface area (Å²) in [7, 11) is 0. The van der Waals surface area contributed by atoms with Gasteiger partial charge < -0.3 is 15.2 Å². The number of benzene rings is 2. The van der Waals surface area contributed by atoms with E-state index in [0.717, 1.165) is 12.8 Å². The fourth-order valence-corrected chi connectivity index (χ4v) is 2.22. The average Bonchev–Trinajstić information content (AvgIpc) is 2.56. The van der Waals surface area contributed by atoms with Crippen molar-refractivity contribution in [2.75, 3.05) is 11.9 Å². The molecule has 2 N–H and O–H groups in total. The maximum atomic E-state index is 12.2. The molecule has 0 aliphatic carbocycles. The Morgan fingerprint density at radius 1 is 1.12 bits per heavy atom. The Morgan fingerprint density at radius 2 is 1.92 bits per heavy atom. The van der Waals surface area contributed by atoms with Crippen LogP contribution in [0, 0.1) is 0 Å². The summed E-state index contributed by atoms with van der Waals surface area (Å²) in [5, 5.41) is 11.8. The molecule has 0 aliphatic heterocycles. The summed E-state index contributed by atoms with van der Waals surface area (Å²) in [4.78, 5) is 23.2. The lowest BCUT2D eigenvalue weighted by Gasteiger charge is -2.12. The van der Waals surface area contributed by atoms with Crippen LogP contribution in [0.1, 0.15) is 35.7 Å². The van der Waals surface area contributed by atoms with Crippen LogP contribution in [0.15, 0.2) is 48.5 Å². The van der Waals surface area contributed by atoms with Gasteiger partial charge in [0.1, 0.15) is 5.75 Å². The van der Waals surface area contributed by atoms with E-state index in [1.54, 1.807) is 18.2 Å². The van der Waals surface area contributed by atoms with Crippen molar-refractivity contribution in [3.8, 4) is 5.75 Å². The molecule has 5 nitrogen and oxygen atoms in total. The van der Waals surface area contributed by atoms with Gasteiger partial charge in [0.25, 0.3) is 0 Å². The Kier molecular flexibility index (Phi) is 6.37. The van der Waals surface area contributed by atoms with E-state index < -0.39 is 5.97 Å². The second kappa shape index (κ2) is 8.72. The highest BCUT2D eigenvalue weighted by Crippen LogP contribution is 2.24. The summed E-state index contributed by atoms with van der Waals surface area (Å²) in [5.41, 5.74) is 1.44. The number of hydrogen-bond donors (Lipinski definition) is 2. The topological polar surface area (TPSA) is 75.6 Å². The van der Waals surface area contributed by atoms with Crippen LogP contribution in [-0.2, 0) is 11.2 Å². The summed E-state index contributed by atoms with van der Waals surface area (Å²) in [5.74, 6) is -0.588. The van der Waals surface area contributed by atoms with Gasteiger partial charge in [0.05, 0.1) is 24.3 Å². The van der Waals surface area contributed by atoms with Crippen LogP contribution >= 0.6 is 0 Å². The number of ether oxygens (including phenoxy) is 1. The van der Waals surface area contributed by atoms with E-state index in [-0.39, 0.29) is 17.9 Å². The first kappa shape index (κ1) is 17.5. The summed E-state index contributed by atoms with van der Waals surface area (Å²) < 4.78 is 5.69. The van der Waals surface area contributed by atoms with E-state index in [1.807, 2.05) is 18.2 Å². The number of nitrogens with one attached hydrogen (secondary N) is 1. The molecule has 0 unspecified atom stereocenters. The molecule has 24 heavy (non-hydrogen) atoms. The Bertz CT molecular complexity index is 712. The highest BCUT2D eigenvalue weighted by Gasteiger charge is 2.10. The number of carbonyl (C=O) groups is 2. The van der Waals surface area contributed by atoms with Crippen LogP contribution in [0.4, 0.5) is 5.69 Å². The fourth-order valence-electron chi connectivity index (χ4n) is 2.22. The lowest BCUT2D eigenvalue weighted by atomic mass is 10.1. The first-order valence-electron chi connectivity index (χ1n) is 7.94. The molecule has 126 valence electrons. The highest BCUT2D eigenvalue weighted by molar-refractivity contribution is 5.94. The number of carboxylic acids is 1. The molecule has 0 aromatic heterocycles. The van der Waals surface area contributed by atoms with Gasteiger partial charge >= 0.3 is 5.97 Å². The van der Waals surface area contributed by atoms with Crippen molar-refractivity contribution in [2.45, 2.75) is 26.2 Å². The van der Waals surface area contributed by atoms with Crippen molar-refractivity contribution in [1.29, 1.82) is 0 Å². The van der Waals surface area contributed by atoms with Gasteiger partial charge in [-0.3, -0.25) is 4.79 Å². The van der Waals surface area contributed by atoms with Crippen LogP contribution in [0.3, 0.4) is 0 Å². The molecule has 0 radical (unpaired) electrons. The van der Waals surface area contributed by atoms with Crippen molar-refractivity contribution in [3.05, 3.63) is 59.7 Å². The van der Waals surface area contributed by atoms with Gasteiger partial charge in [-0.1, -0.05) is 37.6 Å². The Morgan fingerprint density at radius 3 is 2.67 bits per heavy atom. The molecule has 0 aliphatic rings. The number of hydrogen-bond acceptors (Lipinski definition) is 3. The van der Waals surface area contributed by atoms with E-state index in [9.17, 15) is 9.59 Å². The molecular formula is C19H21NO4. The Hall–Kier alpha value is -2.82. The molecule has 1 amide bonds. The van der Waals surface area contributed by atoms with Crippen LogP contribution in [0.2, 0.25) is 0 Å². The lowest BCUT2D eigenvalue weighted by molar-refractivity contribution is -0.115. The number of unbranched alkanes of at least 4 members (excludes halogenated alkanes) is 1. The second-order valence-corrected chi connectivity index (χ2v) is 5.43. The SMILES string of the molecule is CCCCOc1ccccc1NC(=O)Cc1cccc(C(=O)O)c1. The molecule has 2 rings (SSSR count). The van der Waals surface area contributed by atoms with E-state index >= 15 is 0 Å². The van der Waals surface area contributed by atoms with Gasteiger partial charge in [0.2, 0.25) is 5.91 Å². The normalized spacial score (nSPS) is 10.2. The third-order valence-electron chi connectivity index (χ3n) is 3.46. The molecule has 0 atom stereocenters. The molecule has 2 aromatic carbocycles. The fraction of sp³-hybridized carbons (Fsp3) is 0.263. The molecule has 0 bridgehead atoms. The van der Waals surface area contributed by atoms with Gasteiger partial charge in [0.15, 0.2) is 0 Å². The van der Waals surface area contributed by atoms with Gasteiger partial charge in [-0.25, -0.2) is 4.79 Å². The minimum absolute atomic E-state index is 0.102. The summed E-state index contributed by atoms with van der Waals surface area (Å²) in [6.45, 7) is 2.69. The molecule has 5 heteroatoms. The number of para-hydroxylation sites is 2. The second-order valence-electron chi connectivity index (χ2n) is 5.43. The summed E-state index contributed by atoms with van der Waals surface area (Å²) in [6, 6.07) is 13.7. The van der Waals surface area contributed by atoms with E-state index in [2.05, 4.69) is 12.2 Å². The first-order chi connectivity index (χ1) is 11.6. The van der Waals surface area contributed by atoms with Crippen LogP contribution in [-0.4, -0.2) is 23.6 Å². The number of anilines is 1. The highest BCUT2D eigenvalue weighted by atomic mass is 16.5. The average molecular weight is 327 g/mol. The van der Waals surface area contributed by atoms with Crippen LogP contribution in [0.25, 0.3) is 0 Å². The van der Waals surface area contributed by atoms with Crippen molar-refractivity contribution in [3.63, 3.8) is 0 Å². The summed E-state index contributed by atoms with van der Waals surface area (Å²) in [6.07, 6.45) is 2.09. The number of carbonyl (C=O) groups excluding carboxylic acids is 1. The predicted molar refractivity (Wildman–Crippen MR) is 92.6 cm³/mol. The van der Waals surface area contributed by atoms with Gasteiger partial charge in [-0.05, 0) is 36.2 Å². The standard InChI is InChI=1S/C19H21NO4/c1-2-3-11-24-17-10-5-4-9-16(17)20-18(21)13-14-7-6-8-15(12-14)19(22)23/h4-10,12H,2-3,11,13H2,1H3,(H,20,21)(H,22,23). The maximum absolute atomic E-state index is 12.2. The lowest BCUT2D eigenvalue weighted by Crippen LogP contribution is -2.15. The number of aromatic carboxylic acids is 1. The quantitative estimate of drug-likeness (QED) is 0.724. The zero-order valence-corrected chi connectivity index (χ0v) is 13.6. The first-order valence-corrected chi connectivity index (χ1v) is 7.94. The third-order valence-corrected chi connectivity index (χ3v) is 3.46. The van der Waals surface area contributed by atoms with Gasteiger partial charge in [0, 0.05) is 0 Å². The Balaban J connectivity index is 2.02. The van der Waals surface area contributed by atoms with E-state index in [4.69, 9.17) is 9.84 Å². The minimum Gasteiger partial charge on any atom is -0.491 e. The number of rotatable bonds is 8. The maximum Gasteiger partial charge on any atom is 0.335 e. The minimum atomic E-state index is -1.01. The molecule has 0 heterocycles. The monoisotopic (exact) mass is 327 g/mol. The number of amides is 1. The van der Waals surface area contributed by atoms with Crippen LogP contribution < -0.4 is 10.1 Å². The molecule has 0 fully saturated rings. The predicted octanol–water partition coefficient (Wildman–Crippen LogP) is 3.74. The summed E-state index contributed by atoms with van der Waals surface area (Å²) >= 11 is 0. The molecule has 0 saturated heterocycles. The van der Waals surface area contributed by atoms with Crippen molar-refractivity contribution < 1.29 is 19.4 Å². The molecular weight excluding hydrogens is 306 g/mol. The molecule has 2 aromatic rings. The smallest absolute Gasteiger partial charge is 0.335 e. The zero-order chi connectivity index (χ0) is 17.4. The van der Waals surface area contributed by atoms with E-state index in [0.29, 0.717) is 23.6 Å². The van der Waals surface area contributed by atoms with Crippen LogP contribution in [0.5, 0.6) is 5.75 Å². The van der Waals surface area contributed by atoms with Crippen molar-refractivity contribution in [1.82, 2.24) is 0 Å². The molecule has 0 spiro atoms. The third kappa shape index (κ3) is 5.12. The van der Waals surface area contributed by atoms with Gasteiger partial charge in [-0.2, -0.15) is 0 Å². The van der Waals surface area contributed by atoms with Gasteiger partial charge in [-0.15, -0.1) is 0 Å². The number of carboxylic acid groups (broad SMARTS) is 1.